The van der Waals surface area contributed by atoms with Gasteiger partial charge >= 0.3 is 0 Å². The Morgan fingerprint density at radius 1 is 1.11 bits per heavy atom. The standard InChI is InChI=1S/C15H31FN2/c1-14(2,3)13-9-11(16)12(10-17(7)8)18(13)15(4,5)6/h11-13H,9-10H2,1-8H3/t11-,12?,13+/m1/s1. The number of hydrogen-bond acceptors (Lipinski definition) is 2. The molecule has 0 aromatic rings. The summed E-state index contributed by atoms with van der Waals surface area (Å²) >= 11 is 0. The first kappa shape index (κ1) is 15.9. The summed E-state index contributed by atoms with van der Waals surface area (Å²) in [5, 5.41) is 0. The van der Waals surface area contributed by atoms with Crippen LogP contribution in [-0.2, 0) is 0 Å². The van der Waals surface area contributed by atoms with Crippen molar-refractivity contribution < 1.29 is 4.39 Å². The molecule has 0 amide bonds. The molecule has 2 nitrogen and oxygen atoms in total. The number of likely N-dealkylation sites (N-methyl/N-ethyl adjacent to an activating group) is 1. The minimum Gasteiger partial charge on any atom is -0.308 e. The van der Waals surface area contributed by atoms with Gasteiger partial charge < -0.3 is 4.90 Å². The van der Waals surface area contributed by atoms with Gasteiger partial charge in [0.15, 0.2) is 0 Å². The Labute approximate surface area is 113 Å². The van der Waals surface area contributed by atoms with E-state index in [0.29, 0.717) is 12.5 Å². The number of halogens is 1. The molecule has 1 saturated heterocycles. The van der Waals surface area contributed by atoms with Gasteiger partial charge in [0.2, 0.25) is 0 Å². The van der Waals surface area contributed by atoms with Crippen LogP contribution in [0.3, 0.4) is 0 Å². The van der Waals surface area contributed by atoms with Crippen LogP contribution in [0, 0.1) is 5.41 Å². The number of hydrogen-bond donors (Lipinski definition) is 0. The monoisotopic (exact) mass is 258 g/mol. The van der Waals surface area contributed by atoms with E-state index in [9.17, 15) is 4.39 Å². The maximum absolute atomic E-state index is 14.4. The summed E-state index contributed by atoms with van der Waals surface area (Å²) in [4.78, 5) is 4.51. The second kappa shape index (κ2) is 5.09. The average molecular weight is 258 g/mol. The van der Waals surface area contributed by atoms with E-state index in [-0.39, 0.29) is 17.0 Å². The predicted molar refractivity (Wildman–Crippen MR) is 76.7 cm³/mol. The Kier molecular flexibility index (Phi) is 4.49. The van der Waals surface area contributed by atoms with E-state index in [4.69, 9.17) is 0 Å². The molecule has 1 fully saturated rings. The maximum atomic E-state index is 14.4. The van der Waals surface area contributed by atoms with Gasteiger partial charge in [0.25, 0.3) is 0 Å². The largest absolute Gasteiger partial charge is 0.308 e. The molecule has 0 aromatic carbocycles. The smallest absolute Gasteiger partial charge is 0.118 e. The molecule has 1 unspecified atom stereocenters. The van der Waals surface area contributed by atoms with Gasteiger partial charge in [0.05, 0.1) is 6.04 Å². The highest BCUT2D eigenvalue weighted by molar-refractivity contribution is 5.04. The zero-order valence-corrected chi connectivity index (χ0v) is 13.4. The minimum atomic E-state index is -0.712. The van der Waals surface area contributed by atoms with Gasteiger partial charge in [0.1, 0.15) is 6.17 Å². The fourth-order valence-electron chi connectivity index (χ4n) is 3.20. The lowest BCUT2D eigenvalue weighted by molar-refractivity contribution is 0.0113. The van der Waals surface area contributed by atoms with Gasteiger partial charge in [-0.3, -0.25) is 4.90 Å². The molecule has 0 spiro atoms. The Balaban J connectivity index is 3.04. The quantitative estimate of drug-likeness (QED) is 0.750. The summed E-state index contributed by atoms with van der Waals surface area (Å²) in [6.45, 7) is 14.1. The van der Waals surface area contributed by atoms with Gasteiger partial charge in [0, 0.05) is 18.1 Å². The normalized spacial score (nSPS) is 31.3. The van der Waals surface area contributed by atoms with E-state index in [2.05, 4.69) is 51.3 Å². The summed E-state index contributed by atoms with van der Waals surface area (Å²) in [7, 11) is 4.05. The molecule has 3 heteroatoms. The van der Waals surface area contributed by atoms with Gasteiger partial charge in [-0.15, -0.1) is 0 Å². The molecule has 1 rings (SSSR count). The van der Waals surface area contributed by atoms with Crippen molar-refractivity contribution in [1.29, 1.82) is 0 Å². The molecule has 1 aliphatic heterocycles. The molecule has 1 aliphatic rings. The highest BCUT2D eigenvalue weighted by Crippen LogP contribution is 2.41. The van der Waals surface area contributed by atoms with Gasteiger partial charge in [-0.05, 0) is 46.7 Å². The molecular weight excluding hydrogens is 227 g/mol. The Morgan fingerprint density at radius 2 is 1.61 bits per heavy atom. The second-order valence-electron chi connectivity index (χ2n) is 8.04. The van der Waals surface area contributed by atoms with E-state index < -0.39 is 6.17 Å². The van der Waals surface area contributed by atoms with Crippen LogP contribution >= 0.6 is 0 Å². The van der Waals surface area contributed by atoms with Crippen LogP contribution in [0.2, 0.25) is 0 Å². The van der Waals surface area contributed by atoms with Crippen molar-refractivity contribution >= 4 is 0 Å². The molecule has 0 aromatic heterocycles. The van der Waals surface area contributed by atoms with E-state index in [1.54, 1.807) is 0 Å². The van der Waals surface area contributed by atoms with E-state index in [1.165, 1.54) is 0 Å². The van der Waals surface area contributed by atoms with Gasteiger partial charge in [-0.25, -0.2) is 4.39 Å². The van der Waals surface area contributed by atoms with Crippen molar-refractivity contribution in [1.82, 2.24) is 9.80 Å². The van der Waals surface area contributed by atoms with Crippen molar-refractivity contribution in [2.75, 3.05) is 20.6 Å². The highest BCUT2D eigenvalue weighted by atomic mass is 19.1. The van der Waals surface area contributed by atoms with Crippen LogP contribution < -0.4 is 0 Å². The van der Waals surface area contributed by atoms with Crippen LogP contribution in [0.4, 0.5) is 4.39 Å². The van der Waals surface area contributed by atoms with Crippen LogP contribution in [0.25, 0.3) is 0 Å². The van der Waals surface area contributed by atoms with E-state index >= 15 is 0 Å². The van der Waals surface area contributed by atoms with Crippen molar-refractivity contribution in [2.45, 2.75) is 71.8 Å². The van der Waals surface area contributed by atoms with Crippen LogP contribution in [0.15, 0.2) is 0 Å². The molecule has 0 saturated carbocycles. The fraction of sp³-hybridized carbons (Fsp3) is 1.00. The topological polar surface area (TPSA) is 6.48 Å². The summed E-state index contributed by atoms with van der Waals surface area (Å²) in [6, 6.07) is 0.335. The molecule has 3 atom stereocenters. The first-order valence-corrected chi connectivity index (χ1v) is 7.02. The molecule has 108 valence electrons. The number of nitrogens with zero attached hydrogens (tertiary/aromatic N) is 2. The SMILES string of the molecule is CN(C)CC1[C@H](F)C[C@@H](C(C)(C)C)N1C(C)(C)C. The second-order valence-corrected chi connectivity index (χ2v) is 8.04. The Morgan fingerprint density at radius 3 is 1.94 bits per heavy atom. The summed E-state index contributed by atoms with van der Waals surface area (Å²) in [5.41, 5.74) is 0.137. The molecule has 1 heterocycles. The summed E-state index contributed by atoms with van der Waals surface area (Å²) in [5.74, 6) is 0. The lowest BCUT2D eigenvalue weighted by Gasteiger charge is -2.46. The third-order valence-electron chi connectivity index (χ3n) is 3.89. The lowest BCUT2D eigenvalue weighted by atomic mass is 9.83. The average Bonchev–Trinajstić information content (AvgIpc) is 2.41. The van der Waals surface area contributed by atoms with E-state index in [0.717, 1.165) is 6.54 Å². The van der Waals surface area contributed by atoms with Crippen molar-refractivity contribution in [3.05, 3.63) is 0 Å². The zero-order chi connectivity index (χ0) is 14.3. The fourth-order valence-corrected chi connectivity index (χ4v) is 3.20. The van der Waals surface area contributed by atoms with Crippen LogP contribution in [-0.4, -0.2) is 54.2 Å². The van der Waals surface area contributed by atoms with Crippen LogP contribution in [0.5, 0.6) is 0 Å². The van der Waals surface area contributed by atoms with Crippen molar-refractivity contribution in [3.8, 4) is 0 Å². The van der Waals surface area contributed by atoms with Crippen molar-refractivity contribution in [2.24, 2.45) is 5.41 Å². The first-order valence-electron chi connectivity index (χ1n) is 7.02. The molecule has 0 bridgehead atoms. The van der Waals surface area contributed by atoms with Crippen LogP contribution in [0.1, 0.15) is 48.0 Å². The third-order valence-corrected chi connectivity index (χ3v) is 3.89. The molecular formula is C15H31FN2. The van der Waals surface area contributed by atoms with Gasteiger partial charge in [-0.2, -0.15) is 0 Å². The highest BCUT2D eigenvalue weighted by Gasteiger charge is 2.49. The third kappa shape index (κ3) is 3.45. The summed E-state index contributed by atoms with van der Waals surface area (Å²) < 4.78 is 14.4. The number of likely N-dealkylation sites (tertiary alicyclic amines) is 1. The molecule has 0 aliphatic carbocycles. The number of alkyl halides is 1. The maximum Gasteiger partial charge on any atom is 0.118 e. The molecule has 0 N–H and O–H groups in total. The van der Waals surface area contributed by atoms with Crippen molar-refractivity contribution in [3.63, 3.8) is 0 Å². The predicted octanol–water partition coefficient (Wildman–Crippen LogP) is 3.17. The first-order chi connectivity index (χ1) is 7.94. The Bertz CT molecular complexity index is 275. The Hall–Kier alpha value is -0.150. The summed E-state index contributed by atoms with van der Waals surface area (Å²) in [6.07, 6.45) is -0.0462. The minimum absolute atomic E-state index is 0.0134. The van der Waals surface area contributed by atoms with Gasteiger partial charge in [-0.1, -0.05) is 20.8 Å². The molecule has 0 radical (unpaired) electrons. The lowest BCUT2D eigenvalue weighted by Crippen LogP contribution is -2.56. The zero-order valence-electron chi connectivity index (χ0n) is 13.4. The van der Waals surface area contributed by atoms with E-state index in [1.807, 2.05) is 14.1 Å². The molecule has 18 heavy (non-hydrogen) atoms. The number of rotatable bonds is 2.